The molecule has 0 N–H and O–H groups in total. The third-order valence-electron chi connectivity index (χ3n) is 9.09. The SMILES string of the molecule is O=Cc1cn([C@@H]2O[C@H](COCc3ccccc3)[C@@H](OCc3ccccc3)[C@H](OCc3ccccc3)[C@H]2OCc2ccccc2)c2ccc(F)cc12. The summed E-state index contributed by atoms with van der Waals surface area (Å²) >= 11 is 0. The zero-order valence-corrected chi connectivity index (χ0v) is 28.1. The van der Waals surface area contributed by atoms with Crippen LogP contribution in [0.25, 0.3) is 10.9 Å². The van der Waals surface area contributed by atoms with E-state index in [4.69, 9.17) is 23.7 Å². The molecule has 0 amide bonds. The minimum Gasteiger partial charge on any atom is -0.374 e. The number of hydrogen-bond donors (Lipinski definition) is 0. The molecule has 7 rings (SSSR count). The van der Waals surface area contributed by atoms with Gasteiger partial charge in [-0.1, -0.05) is 121 Å². The highest BCUT2D eigenvalue weighted by atomic mass is 19.1. The first kappa shape index (κ1) is 34.5. The van der Waals surface area contributed by atoms with E-state index in [9.17, 15) is 9.18 Å². The van der Waals surface area contributed by atoms with Gasteiger partial charge in [0.15, 0.2) is 12.5 Å². The first-order valence-corrected chi connectivity index (χ1v) is 17.2. The van der Waals surface area contributed by atoms with Crippen LogP contribution in [-0.4, -0.2) is 41.9 Å². The van der Waals surface area contributed by atoms with E-state index >= 15 is 0 Å². The predicted octanol–water partition coefficient (Wildman–Crippen LogP) is 8.46. The van der Waals surface area contributed by atoms with Crippen molar-refractivity contribution in [2.45, 2.75) is 57.1 Å². The third kappa shape index (κ3) is 8.51. The highest BCUT2D eigenvalue weighted by Gasteiger charge is 2.49. The van der Waals surface area contributed by atoms with Crippen LogP contribution in [0.1, 0.15) is 38.8 Å². The van der Waals surface area contributed by atoms with Gasteiger partial charge in [0.05, 0.1) is 38.6 Å². The fraction of sp³-hybridized carbons (Fsp3) is 0.233. The maximum Gasteiger partial charge on any atom is 0.163 e. The second-order valence-corrected chi connectivity index (χ2v) is 12.6. The summed E-state index contributed by atoms with van der Waals surface area (Å²) in [6, 6.07) is 44.2. The van der Waals surface area contributed by atoms with Crippen molar-refractivity contribution in [3.8, 4) is 0 Å². The Labute approximate surface area is 297 Å². The quantitative estimate of drug-likeness (QED) is 0.101. The van der Waals surface area contributed by atoms with E-state index in [0.29, 0.717) is 36.3 Å². The van der Waals surface area contributed by atoms with Gasteiger partial charge in [0.2, 0.25) is 0 Å². The highest BCUT2D eigenvalue weighted by molar-refractivity contribution is 5.97. The number of halogens is 1. The fourth-order valence-corrected chi connectivity index (χ4v) is 6.55. The molecule has 8 heteroatoms. The molecule has 5 atom stereocenters. The molecule has 0 spiro atoms. The van der Waals surface area contributed by atoms with Crippen molar-refractivity contribution in [2.24, 2.45) is 0 Å². The second kappa shape index (κ2) is 16.8. The van der Waals surface area contributed by atoms with Crippen LogP contribution in [-0.2, 0) is 50.1 Å². The average Bonchev–Trinajstić information content (AvgIpc) is 3.55. The second-order valence-electron chi connectivity index (χ2n) is 12.6. The van der Waals surface area contributed by atoms with E-state index in [1.54, 1.807) is 12.3 Å². The number of carbonyl (C=O) groups excluding carboxylic acids is 1. The minimum absolute atomic E-state index is 0.190. The van der Waals surface area contributed by atoms with Crippen molar-refractivity contribution >= 4 is 17.2 Å². The lowest BCUT2D eigenvalue weighted by atomic mass is 9.96. The topological polar surface area (TPSA) is 68.2 Å². The Morgan fingerprint density at radius 1 is 0.608 bits per heavy atom. The predicted molar refractivity (Wildman–Crippen MR) is 192 cm³/mol. The van der Waals surface area contributed by atoms with Crippen molar-refractivity contribution in [1.29, 1.82) is 0 Å². The first-order valence-electron chi connectivity index (χ1n) is 17.2. The number of benzene rings is 5. The smallest absolute Gasteiger partial charge is 0.163 e. The number of rotatable bonds is 15. The molecule has 1 fully saturated rings. The van der Waals surface area contributed by atoms with Gasteiger partial charge in [0.1, 0.15) is 30.2 Å². The van der Waals surface area contributed by atoms with Gasteiger partial charge in [-0.3, -0.25) is 4.79 Å². The van der Waals surface area contributed by atoms with Crippen molar-refractivity contribution in [3.05, 3.63) is 179 Å². The lowest BCUT2D eigenvalue weighted by Crippen LogP contribution is -2.59. The Morgan fingerprint density at radius 2 is 1.10 bits per heavy atom. The van der Waals surface area contributed by atoms with Crippen LogP contribution in [0.15, 0.2) is 146 Å². The number of carbonyl (C=O) groups is 1. The largest absolute Gasteiger partial charge is 0.374 e. The van der Waals surface area contributed by atoms with Crippen LogP contribution < -0.4 is 0 Å². The molecule has 1 aliphatic heterocycles. The summed E-state index contributed by atoms with van der Waals surface area (Å²) in [7, 11) is 0. The van der Waals surface area contributed by atoms with Gasteiger partial charge in [-0.25, -0.2) is 4.39 Å². The summed E-state index contributed by atoms with van der Waals surface area (Å²) in [5.74, 6) is -0.435. The van der Waals surface area contributed by atoms with Crippen molar-refractivity contribution in [1.82, 2.24) is 4.57 Å². The molecule has 0 unspecified atom stereocenters. The summed E-state index contributed by atoms with van der Waals surface area (Å²) in [5, 5.41) is 0.483. The molecular formula is C43H40FNO6. The van der Waals surface area contributed by atoms with Gasteiger partial charge >= 0.3 is 0 Å². The van der Waals surface area contributed by atoms with Crippen molar-refractivity contribution < 1.29 is 32.9 Å². The van der Waals surface area contributed by atoms with Gasteiger partial charge in [-0.05, 0) is 40.5 Å². The Bertz CT molecular complexity index is 1970. The molecule has 0 radical (unpaired) electrons. The molecule has 1 aromatic heterocycles. The highest BCUT2D eigenvalue weighted by Crippen LogP contribution is 2.38. The Balaban J connectivity index is 1.29. The van der Waals surface area contributed by atoms with E-state index in [2.05, 4.69) is 0 Å². The summed E-state index contributed by atoms with van der Waals surface area (Å²) in [5.41, 5.74) is 4.97. The zero-order valence-electron chi connectivity index (χ0n) is 28.1. The summed E-state index contributed by atoms with van der Waals surface area (Å²) in [6.07, 6.45) is -0.972. The van der Waals surface area contributed by atoms with Crippen molar-refractivity contribution in [3.63, 3.8) is 0 Å². The molecule has 1 aliphatic rings. The zero-order chi connectivity index (χ0) is 34.8. The average molecular weight is 686 g/mol. The molecule has 260 valence electrons. The molecule has 6 aromatic rings. The first-order chi connectivity index (χ1) is 25.2. The number of ether oxygens (including phenoxy) is 5. The number of fused-ring (bicyclic) bond motifs is 1. The maximum absolute atomic E-state index is 14.5. The van der Waals surface area contributed by atoms with E-state index < -0.39 is 36.5 Å². The molecular weight excluding hydrogens is 645 g/mol. The van der Waals surface area contributed by atoms with E-state index in [0.717, 1.165) is 28.5 Å². The summed E-state index contributed by atoms with van der Waals surface area (Å²) in [4.78, 5) is 12.3. The van der Waals surface area contributed by atoms with E-state index in [-0.39, 0.29) is 13.2 Å². The van der Waals surface area contributed by atoms with Crippen LogP contribution in [0.5, 0.6) is 0 Å². The monoisotopic (exact) mass is 685 g/mol. The van der Waals surface area contributed by atoms with Crippen molar-refractivity contribution in [2.75, 3.05) is 6.61 Å². The van der Waals surface area contributed by atoms with Crippen LogP contribution in [0, 0.1) is 5.82 Å². The molecule has 51 heavy (non-hydrogen) atoms. The number of aromatic nitrogens is 1. The molecule has 1 saturated heterocycles. The number of aldehydes is 1. The molecule has 0 aliphatic carbocycles. The summed E-state index contributed by atoms with van der Waals surface area (Å²) < 4.78 is 50.1. The molecule has 0 bridgehead atoms. The minimum atomic E-state index is -0.793. The lowest BCUT2D eigenvalue weighted by molar-refractivity contribution is -0.289. The van der Waals surface area contributed by atoms with Gasteiger partial charge in [-0.15, -0.1) is 0 Å². The Hall–Kier alpha value is -4.96. The molecule has 2 heterocycles. The summed E-state index contributed by atoms with van der Waals surface area (Å²) in [6.45, 7) is 1.44. The van der Waals surface area contributed by atoms with Crippen LogP contribution in [0.4, 0.5) is 4.39 Å². The van der Waals surface area contributed by atoms with Crippen LogP contribution in [0.2, 0.25) is 0 Å². The fourth-order valence-electron chi connectivity index (χ4n) is 6.55. The van der Waals surface area contributed by atoms with Gasteiger partial charge in [0, 0.05) is 17.1 Å². The third-order valence-corrected chi connectivity index (χ3v) is 9.09. The standard InChI is InChI=1S/C43H40FNO6/c44-36-21-22-38-37(23-36)35(25-46)24-45(38)43-42(50-29-34-19-11-4-12-20-34)41(49-28-33-17-9-3-10-18-33)40(48-27-32-15-7-2-8-16-32)39(51-43)30-47-26-31-13-5-1-6-14-31/h1-25,39-43H,26-30H2/t39-,40-,41+,42-,43-/m1/s1. The molecule has 0 saturated carbocycles. The Kier molecular flexibility index (Phi) is 11.4. The number of nitrogens with zero attached hydrogens (tertiary/aromatic N) is 1. The molecule has 7 nitrogen and oxygen atoms in total. The van der Waals surface area contributed by atoms with Gasteiger partial charge in [0.25, 0.3) is 0 Å². The molecule has 5 aromatic carbocycles. The number of hydrogen-bond acceptors (Lipinski definition) is 6. The van der Waals surface area contributed by atoms with Gasteiger partial charge in [-0.2, -0.15) is 0 Å². The maximum atomic E-state index is 14.5. The lowest BCUT2D eigenvalue weighted by Gasteiger charge is -2.46. The van der Waals surface area contributed by atoms with Gasteiger partial charge < -0.3 is 28.3 Å². The van der Waals surface area contributed by atoms with E-state index in [1.807, 2.05) is 126 Å². The normalized spacial score (nSPS) is 20.4. The van der Waals surface area contributed by atoms with Crippen LogP contribution in [0.3, 0.4) is 0 Å². The Morgan fingerprint density at radius 3 is 1.63 bits per heavy atom. The van der Waals surface area contributed by atoms with E-state index in [1.165, 1.54) is 12.1 Å². The van der Waals surface area contributed by atoms with Crippen LogP contribution >= 0.6 is 0 Å².